The number of allylic oxidation sites excluding steroid dienone is 1. The number of hydrogen-bond donors (Lipinski definition) is 0. The molecule has 0 saturated carbocycles. The Kier molecular flexibility index (Phi) is 4.76. The van der Waals surface area contributed by atoms with Gasteiger partial charge >= 0.3 is 0 Å². The van der Waals surface area contributed by atoms with Gasteiger partial charge in [-0.2, -0.15) is 5.26 Å². The summed E-state index contributed by atoms with van der Waals surface area (Å²) >= 11 is 0. The summed E-state index contributed by atoms with van der Waals surface area (Å²) in [6.07, 6.45) is 1.93. The van der Waals surface area contributed by atoms with E-state index in [1.165, 1.54) is 27.4 Å². The number of nitrogens with zero attached hydrogens (tertiary/aromatic N) is 1. The Balaban J connectivity index is 3.37. The molecular weight excluding hydrogens is 234 g/mol. The van der Waals surface area contributed by atoms with Gasteiger partial charge in [0.1, 0.15) is 6.07 Å². The van der Waals surface area contributed by atoms with Crippen LogP contribution in [-0.4, -0.2) is 27.6 Å². The minimum absolute atomic E-state index is 0.0178. The van der Waals surface area contributed by atoms with Gasteiger partial charge in [0.25, 0.3) is 0 Å². The highest BCUT2D eigenvalue weighted by molar-refractivity contribution is 5.87. The third-order valence-electron chi connectivity index (χ3n) is 2.27. The van der Waals surface area contributed by atoms with Crippen LogP contribution >= 0.6 is 0 Å². The largest absolute Gasteiger partial charge is 0.493 e. The van der Waals surface area contributed by atoms with Gasteiger partial charge in [0.05, 0.1) is 26.9 Å². The molecule has 0 spiro atoms. The number of carbonyl (C=O) groups excluding carboxylic acids is 1. The zero-order valence-corrected chi connectivity index (χ0v) is 10.4. The molecule has 0 saturated heterocycles. The van der Waals surface area contributed by atoms with Gasteiger partial charge in [0.2, 0.25) is 5.75 Å². The van der Waals surface area contributed by atoms with Crippen molar-refractivity contribution in [2.45, 2.75) is 0 Å². The van der Waals surface area contributed by atoms with Gasteiger partial charge in [-0.05, 0) is 23.8 Å². The van der Waals surface area contributed by atoms with E-state index in [-0.39, 0.29) is 5.57 Å². The van der Waals surface area contributed by atoms with Crippen molar-refractivity contribution in [2.24, 2.45) is 0 Å². The van der Waals surface area contributed by atoms with Crippen LogP contribution in [0, 0.1) is 11.3 Å². The molecule has 94 valence electrons. The summed E-state index contributed by atoms with van der Waals surface area (Å²) in [6, 6.07) is 5.09. The fourth-order valence-electron chi connectivity index (χ4n) is 1.46. The van der Waals surface area contributed by atoms with Crippen LogP contribution in [0.2, 0.25) is 0 Å². The second-order valence-corrected chi connectivity index (χ2v) is 3.29. The number of methoxy groups -OCH3 is 3. The predicted molar refractivity (Wildman–Crippen MR) is 65.8 cm³/mol. The van der Waals surface area contributed by atoms with E-state index in [2.05, 4.69) is 0 Å². The highest BCUT2D eigenvalue weighted by atomic mass is 16.5. The van der Waals surface area contributed by atoms with E-state index in [9.17, 15) is 4.79 Å². The van der Waals surface area contributed by atoms with Crippen LogP contribution in [0.3, 0.4) is 0 Å². The van der Waals surface area contributed by atoms with Crippen molar-refractivity contribution < 1.29 is 19.0 Å². The maximum atomic E-state index is 10.6. The molecule has 0 unspecified atom stereocenters. The first-order chi connectivity index (χ1) is 8.69. The molecule has 5 heteroatoms. The number of ether oxygens (including phenoxy) is 3. The summed E-state index contributed by atoms with van der Waals surface area (Å²) in [5.74, 6) is 1.39. The Labute approximate surface area is 105 Å². The van der Waals surface area contributed by atoms with Crippen LogP contribution in [0.4, 0.5) is 0 Å². The van der Waals surface area contributed by atoms with Crippen molar-refractivity contribution in [3.05, 3.63) is 23.3 Å². The molecule has 1 aromatic rings. The summed E-state index contributed by atoms with van der Waals surface area (Å²) < 4.78 is 15.5. The molecule has 0 heterocycles. The summed E-state index contributed by atoms with van der Waals surface area (Å²) in [7, 11) is 4.49. The van der Waals surface area contributed by atoms with Gasteiger partial charge in [-0.15, -0.1) is 0 Å². The average Bonchev–Trinajstić information content (AvgIpc) is 2.43. The van der Waals surface area contributed by atoms with Crippen LogP contribution in [0.25, 0.3) is 6.08 Å². The Hall–Kier alpha value is -2.48. The molecule has 0 atom stereocenters. The van der Waals surface area contributed by atoms with E-state index in [0.717, 1.165) is 0 Å². The van der Waals surface area contributed by atoms with Crippen LogP contribution < -0.4 is 14.2 Å². The molecule has 0 N–H and O–H groups in total. The van der Waals surface area contributed by atoms with Gasteiger partial charge in [-0.1, -0.05) is 0 Å². The molecule has 0 amide bonds. The SMILES string of the molecule is COc1cc(/C=C(/C#N)C=O)cc(OC)c1OC. The van der Waals surface area contributed by atoms with Gasteiger partial charge in [0, 0.05) is 0 Å². The molecule has 1 aromatic carbocycles. The highest BCUT2D eigenvalue weighted by Gasteiger charge is 2.12. The smallest absolute Gasteiger partial charge is 0.203 e. The van der Waals surface area contributed by atoms with Crippen molar-refractivity contribution in [2.75, 3.05) is 21.3 Å². The maximum absolute atomic E-state index is 10.6. The molecule has 0 fully saturated rings. The summed E-state index contributed by atoms with van der Waals surface area (Å²) in [5.41, 5.74) is 0.637. The van der Waals surface area contributed by atoms with E-state index in [0.29, 0.717) is 29.1 Å². The van der Waals surface area contributed by atoms with Crippen LogP contribution in [0.15, 0.2) is 17.7 Å². The molecule has 0 aliphatic rings. The van der Waals surface area contributed by atoms with Gasteiger partial charge < -0.3 is 14.2 Å². The van der Waals surface area contributed by atoms with E-state index in [1.54, 1.807) is 18.2 Å². The van der Waals surface area contributed by atoms with E-state index < -0.39 is 0 Å². The first-order valence-corrected chi connectivity index (χ1v) is 5.07. The van der Waals surface area contributed by atoms with Crippen molar-refractivity contribution in [1.82, 2.24) is 0 Å². The zero-order valence-electron chi connectivity index (χ0n) is 10.4. The Bertz CT molecular complexity index is 489. The first-order valence-electron chi connectivity index (χ1n) is 5.07. The number of hydrogen-bond acceptors (Lipinski definition) is 5. The lowest BCUT2D eigenvalue weighted by molar-refractivity contribution is -0.104. The van der Waals surface area contributed by atoms with Crippen LogP contribution in [0.5, 0.6) is 17.2 Å². The normalized spacial score (nSPS) is 10.4. The third-order valence-corrected chi connectivity index (χ3v) is 2.27. The van der Waals surface area contributed by atoms with E-state index >= 15 is 0 Å². The van der Waals surface area contributed by atoms with E-state index in [1.807, 2.05) is 0 Å². The summed E-state index contributed by atoms with van der Waals surface area (Å²) in [6.45, 7) is 0. The minimum atomic E-state index is 0.0178. The molecule has 1 rings (SSSR count). The third kappa shape index (κ3) is 2.80. The highest BCUT2D eigenvalue weighted by Crippen LogP contribution is 2.38. The fourth-order valence-corrected chi connectivity index (χ4v) is 1.46. The van der Waals surface area contributed by atoms with E-state index in [4.69, 9.17) is 19.5 Å². The summed E-state index contributed by atoms with van der Waals surface area (Å²) in [5, 5.41) is 8.70. The minimum Gasteiger partial charge on any atom is -0.493 e. The first kappa shape index (κ1) is 13.6. The number of nitriles is 1. The quantitative estimate of drug-likeness (QED) is 0.451. The number of aldehydes is 1. The Morgan fingerprint density at radius 1 is 1.17 bits per heavy atom. The number of carbonyl (C=O) groups is 1. The van der Waals surface area contributed by atoms with Crippen LogP contribution in [0.1, 0.15) is 5.56 Å². The second kappa shape index (κ2) is 6.30. The summed E-state index contributed by atoms with van der Waals surface area (Å²) in [4.78, 5) is 10.6. The van der Waals surface area contributed by atoms with Gasteiger partial charge in [-0.25, -0.2) is 0 Å². The van der Waals surface area contributed by atoms with Crippen LogP contribution in [-0.2, 0) is 4.79 Å². The van der Waals surface area contributed by atoms with Crippen molar-refractivity contribution in [3.8, 4) is 23.3 Å². The van der Waals surface area contributed by atoms with Crippen molar-refractivity contribution in [1.29, 1.82) is 5.26 Å². The lowest BCUT2D eigenvalue weighted by Crippen LogP contribution is -1.95. The maximum Gasteiger partial charge on any atom is 0.203 e. The Morgan fingerprint density at radius 2 is 1.72 bits per heavy atom. The average molecular weight is 247 g/mol. The standard InChI is InChI=1S/C13H13NO4/c1-16-11-5-9(4-10(7-14)8-15)6-12(17-2)13(11)18-3/h4-6,8H,1-3H3/b10-4-. The van der Waals surface area contributed by atoms with Gasteiger partial charge in [-0.3, -0.25) is 4.79 Å². The molecule has 5 nitrogen and oxygen atoms in total. The van der Waals surface area contributed by atoms with Gasteiger partial charge in [0.15, 0.2) is 17.8 Å². The zero-order chi connectivity index (χ0) is 13.5. The predicted octanol–water partition coefficient (Wildman–Crippen LogP) is 1.82. The molecule has 0 aromatic heterocycles. The van der Waals surface area contributed by atoms with Crippen molar-refractivity contribution >= 4 is 12.4 Å². The molecule has 0 bridgehead atoms. The number of rotatable bonds is 5. The van der Waals surface area contributed by atoms with Crippen molar-refractivity contribution in [3.63, 3.8) is 0 Å². The Morgan fingerprint density at radius 3 is 2.06 bits per heavy atom. The fraction of sp³-hybridized carbons (Fsp3) is 0.231. The molecule has 18 heavy (non-hydrogen) atoms. The topological polar surface area (TPSA) is 68.5 Å². The second-order valence-electron chi connectivity index (χ2n) is 3.29. The lowest BCUT2D eigenvalue weighted by atomic mass is 10.1. The molecular formula is C13H13NO4. The number of benzene rings is 1. The monoisotopic (exact) mass is 247 g/mol. The molecule has 0 aliphatic heterocycles. The lowest BCUT2D eigenvalue weighted by Gasteiger charge is -2.12. The molecule has 0 aliphatic carbocycles. The molecule has 0 radical (unpaired) electrons.